The number of hydrogen-bond acceptors (Lipinski definition) is 4. The van der Waals surface area contributed by atoms with E-state index in [4.69, 9.17) is 0 Å². The first kappa shape index (κ1) is 21.8. The van der Waals surface area contributed by atoms with Crippen molar-refractivity contribution in [2.45, 2.75) is 70.5 Å². The molecule has 1 aliphatic carbocycles. The van der Waals surface area contributed by atoms with E-state index in [-0.39, 0.29) is 18.4 Å². The van der Waals surface area contributed by atoms with Gasteiger partial charge in [0.25, 0.3) is 5.91 Å². The van der Waals surface area contributed by atoms with Gasteiger partial charge in [0.15, 0.2) is 0 Å². The summed E-state index contributed by atoms with van der Waals surface area (Å²) in [6.45, 7) is 5.63. The Morgan fingerprint density at radius 1 is 1.10 bits per heavy atom. The Morgan fingerprint density at radius 2 is 1.74 bits per heavy atom. The molecule has 2 heterocycles. The van der Waals surface area contributed by atoms with E-state index in [0.29, 0.717) is 25.3 Å². The minimum Gasteiger partial charge on any atom is -0.350 e. The Balaban J connectivity index is 1.26. The number of amides is 4. The average molecular weight is 427 g/mol. The van der Waals surface area contributed by atoms with Crippen molar-refractivity contribution in [3.8, 4) is 0 Å². The van der Waals surface area contributed by atoms with E-state index in [1.165, 1.54) is 31.5 Å². The van der Waals surface area contributed by atoms with Crippen molar-refractivity contribution in [3.63, 3.8) is 0 Å². The van der Waals surface area contributed by atoms with Gasteiger partial charge in [0, 0.05) is 13.1 Å². The molecule has 0 radical (unpaired) electrons. The summed E-state index contributed by atoms with van der Waals surface area (Å²) in [5.74, 6) is 0.0619. The van der Waals surface area contributed by atoms with E-state index in [2.05, 4.69) is 34.6 Å². The highest BCUT2D eigenvalue weighted by atomic mass is 16.2. The zero-order chi connectivity index (χ0) is 21.8. The van der Waals surface area contributed by atoms with Crippen LogP contribution in [0.2, 0.25) is 0 Å². The van der Waals surface area contributed by atoms with E-state index >= 15 is 0 Å². The molecule has 4 rings (SSSR count). The number of carbonyl (C=O) groups excluding carboxylic acids is 3. The molecule has 0 aromatic heterocycles. The summed E-state index contributed by atoms with van der Waals surface area (Å²) in [5.41, 5.74) is 1.48. The first-order valence-corrected chi connectivity index (χ1v) is 11.7. The van der Waals surface area contributed by atoms with Crippen LogP contribution in [-0.4, -0.2) is 52.8 Å². The van der Waals surface area contributed by atoms with E-state index in [0.717, 1.165) is 36.3 Å². The Kier molecular flexibility index (Phi) is 6.60. The third-order valence-corrected chi connectivity index (χ3v) is 7.20. The molecule has 1 aromatic rings. The number of urea groups is 1. The molecule has 3 fully saturated rings. The summed E-state index contributed by atoms with van der Waals surface area (Å²) in [4.78, 5) is 41.3. The average Bonchev–Trinajstić information content (AvgIpc) is 3.36. The van der Waals surface area contributed by atoms with Gasteiger partial charge in [-0.15, -0.1) is 0 Å². The summed E-state index contributed by atoms with van der Waals surface area (Å²) >= 11 is 0. The number of nitrogens with zero attached hydrogens (tertiary/aromatic N) is 2. The first-order chi connectivity index (χ1) is 15.0. The number of likely N-dealkylation sites (tertiary alicyclic amines) is 1. The molecule has 7 heteroatoms. The number of hydrogen-bond donors (Lipinski definition) is 2. The van der Waals surface area contributed by atoms with Crippen LogP contribution in [0.1, 0.15) is 63.0 Å². The third kappa shape index (κ3) is 4.92. The number of imide groups is 1. The maximum atomic E-state index is 12.9. The molecule has 0 unspecified atom stereocenters. The fourth-order valence-corrected chi connectivity index (χ4v) is 5.10. The van der Waals surface area contributed by atoms with Crippen LogP contribution in [0.5, 0.6) is 0 Å². The normalized spacial score (nSPS) is 26.5. The molecule has 1 spiro atoms. The van der Waals surface area contributed by atoms with E-state index in [1.807, 2.05) is 12.1 Å². The number of rotatable bonds is 7. The molecule has 4 amide bonds. The second-order valence-corrected chi connectivity index (χ2v) is 9.33. The predicted octanol–water partition coefficient (Wildman–Crippen LogP) is 2.79. The van der Waals surface area contributed by atoms with Crippen molar-refractivity contribution in [2.24, 2.45) is 5.92 Å². The summed E-state index contributed by atoms with van der Waals surface area (Å²) in [6.07, 6.45) is 6.87. The molecule has 31 heavy (non-hydrogen) atoms. The first-order valence-electron chi connectivity index (χ1n) is 11.7. The molecule has 1 aromatic carbocycles. The Morgan fingerprint density at radius 3 is 2.39 bits per heavy atom. The lowest BCUT2D eigenvalue weighted by Crippen LogP contribution is -2.50. The number of carbonyl (C=O) groups is 3. The Bertz CT molecular complexity index is 809. The topological polar surface area (TPSA) is 81.8 Å². The quantitative estimate of drug-likeness (QED) is 0.657. The van der Waals surface area contributed by atoms with Crippen molar-refractivity contribution in [1.29, 1.82) is 0 Å². The monoisotopic (exact) mass is 426 g/mol. The second-order valence-electron chi connectivity index (χ2n) is 9.33. The molecule has 2 N–H and O–H groups in total. The highest BCUT2D eigenvalue weighted by Gasteiger charge is 2.52. The molecule has 0 atom stereocenters. The van der Waals surface area contributed by atoms with E-state index < -0.39 is 11.6 Å². The zero-order valence-electron chi connectivity index (χ0n) is 18.5. The largest absolute Gasteiger partial charge is 0.350 e. The van der Waals surface area contributed by atoms with Gasteiger partial charge in [-0.05, 0) is 68.7 Å². The second kappa shape index (κ2) is 9.39. The Labute approximate surface area is 184 Å². The maximum Gasteiger partial charge on any atom is 0.325 e. The summed E-state index contributed by atoms with van der Waals surface area (Å²) < 4.78 is 0. The standard InChI is InChI=1S/C24H34N4O3/c1-2-18-9-11-24(12-10-18)22(30)28(23(31)26-24)17-21(29)25-15-19-5-7-20(8-6-19)16-27-13-3-4-14-27/h5-8,18H,2-4,9-17H2,1H3,(H,25,29)(H,26,31). The van der Waals surface area contributed by atoms with Gasteiger partial charge in [-0.3, -0.25) is 19.4 Å². The molecule has 1 saturated carbocycles. The molecule has 7 nitrogen and oxygen atoms in total. The van der Waals surface area contributed by atoms with Crippen molar-refractivity contribution >= 4 is 17.8 Å². The van der Waals surface area contributed by atoms with Gasteiger partial charge < -0.3 is 10.6 Å². The minimum absolute atomic E-state index is 0.226. The molecule has 2 aliphatic heterocycles. The van der Waals surface area contributed by atoms with Crippen LogP contribution < -0.4 is 10.6 Å². The highest BCUT2D eigenvalue weighted by Crippen LogP contribution is 2.37. The van der Waals surface area contributed by atoms with Crippen LogP contribution in [0.15, 0.2) is 24.3 Å². The van der Waals surface area contributed by atoms with E-state index in [1.54, 1.807) is 0 Å². The van der Waals surface area contributed by atoms with Gasteiger partial charge in [-0.1, -0.05) is 37.6 Å². The van der Waals surface area contributed by atoms with Gasteiger partial charge >= 0.3 is 6.03 Å². The molecule has 0 bridgehead atoms. The molecule has 168 valence electrons. The van der Waals surface area contributed by atoms with Crippen LogP contribution in [0.3, 0.4) is 0 Å². The van der Waals surface area contributed by atoms with Gasteiger partial charge in [0.1, 0.15) is 12.1 Å². The van der Waals surface area contributed by atoms with Gasteiger partial charge in [0.2, 0.25) is 5.91 Å². The van der Waals surface area contributed by atoms with E-state index in [9.17, 15) is 14.4 Å². The number of benzene rings is 1. The van der Waals surface area contributed by atoms with Crippen LogP contribution in [0.4, 0.5) is 4.79 Å². The van der Waals surface area contributed by atoms with Crippen LogP contribution in [0.25, 0.3) is 0 Å². The molecular weight excluding hydrogens is 392 g/mol. The van der Waals surface area contributed by atoms with Crippen LogP contribution in [-0.2, 0) is 22.7 Å². The fourth-order valence-electron chi connectivity index (χ4n) is 5.10. The molecule has 3 aliphatic rings. The van der Waals surface area contributed by atoms with Gasteiger partial charge in [0.05, 0.1) is 0 Å². The summed E-state index contributed by atoms with van der Waals surface area (Å²) in [6, 6.07) is 7.82. The van der Waals surface area contributed by atoms with Gasteiger partial charge in [-0.2, -0.15) is 0 Å². The number of nitrogens with one attached hydrogen (secondary N) is 2. The molecule has 2 saturated heterocycles. The lowest BCUT2D eigenvalue weighted by Gasteiger charge is -2.34. The minimum atomic E-state index is -0.797. The predicted molar refractivity (Wildman–Crippen MR) is 118 cm³/mol. The Hall–Kier alpha value is -2.41. The highest BCUT2D eigenvalue weighted by molar-refractivity contribution is 6.09. The lowest BCUT2D eigenvalue weighted by atomic mass is 9.75. The van der Waals surface area contributed by atoms with Crippen LogP contribution in [0, 0.1) is 5.92 Å². The summed E-state index contributed by atoms with van der Waals surface area (Å²) in [7, 11) is 0. The third-order valence-electron chi connectivity index (χ3n) is 7.20. The molecular formula is C24H34N4O3. The van der Waals surface area contributed by atoms with Crippen molar-refractivity contribution in [3.05, 3.63) is 35.4 Å². The fraction of sp³-hybridized carbons (Fsp3) is 0.625. The summed E-state index contributed by atoms with van der Waals surface area (Å²) in [5, 5.41) is 5.73. The van der Waals surface area contributed by atoms with Crippen LogP contribution >= 0.6 is 0 Å². The van der Waals surface area contributed by atoms with Crippen molar-refractivity contribution in [1.82, 2.24) is 20.4 Å². The van der Waals surface area contributed by atoms with Crippen molar-refractivity contribution in [2.75, 3.05) is 19.6 Å². The maximum absolute atomic E-state index is 12.9. The smallest absolute Gasteiger partial charge is 0.325 e. The zero-order valence-corrected chi connectivity index (χ0v) is 18.5. The van der Waals surface area contributed by atoms with Crippen molar-refractivity contribution < 1.29 is 14.4 Å². The SMILES string of the molecule is CCC1CCC2(CC1)NC(=O)N(CC(=O)NCc1ccc(CN3CCCC3)cc1)C2=O. The lowest BCUT2D eigenvalue weighted by molar-refractivity contribution is -0.136. The van der Waals surface area contributed by atoms with Gasteiger partial charge in [-0.25, -0.2) is 4.79 Å².